The van der Waals surface area contributed by atoms with E-state index in [0.717, 1.165) is 42.3 Å². The number of hydrogen-bond acceptors (Lipinski definition) is 4. The van der Waals surface area contributed by atoms with E-state index in [9.17, 15) is 18.0 Å². The molecule has 11 heteroatoms. The molecule has 0 atom stereocenters. The Kier molecular flexibility index (Phi) is 6.59. The number of ether oxygens (including phenoxy) is 1. The van der Waals surface area contributed by atoms with Crippen molar-refractivity contribution in [2.24, 2.45) is 0 Å². The number of nitrogens with one attached hydrogen (secondary N) is 2. The minimum absolute atomic E-state index is 0.00556. The number of fused-ring (bicyclic) bond motifs is 1. The average Bonchev–Trinajstić information content (AvgIpc) is 3.25. The van der Waals surface area contributed by atoms with Crippen LogP contribution in [0.3, 0.4) is 0 Å². The normalized spacial score (nSPS) is 24.7. The van der Waals surface area contributed by atoms with Crippen LogP contribution >= 0.6 is 11.6 Å². The van der Waals surface area contributed by atoms with E-state index < -0.39 is 12.5 Å². The summed E-state index contributed by atoms with van der Waals surface area (Å²) in [5.41, 5.74) is 1.56. The highest BCUT2D eigenvalue weighted by molar-refractivity contribution is 6.31. The van der Waals surface area contributed by atoms with E-state index in [0.29, 0.717) is 23.7 Å². The van der Waals surface area contributed by atoms with E-state index in [1.165, 1.54) is 0 Å². The molecular weight excluding hydrogens is 483 g/mol. The predicted octanol–water partition coefficient (Wildman–Crippen LogP) is 6.17. The number of urea groups is 1. The van der Waals surface area contributed by atoms with Gasteiger partial charge in [0.05, 0.1) is 23.6 Å². The predicted molar refractivity (Wildman–Crippen MR) is 125 cm³/mol. The maximum absolute atomic E-state index is 12.5. The molecule has 2 N–H and O–H groups in total. The Hall–Kier alpha value is -2.85. The van der Waals surface area contributed by atoms with Gasteiger partial charge in [-0.15, -0.1) is 13.2 Å². The highest BCUT2D eigenvalue weighted by Gasteiger charge is 2.41. The Morgan fingerprint density at radius 3 is 2.63 bits per heavy atom. The van der Waals surface area contributed by atoms with Crippen LogP contribution in [0.1, 0.15) is 56.2 Å². The fraction of sp³-hybridized carbons (Fsp3) is 0.458. The number of amides is 2. The van der Waals surface area contributed by atoms with Crippen LogP contribution in [0.4, 0.5) is 23.8 Å². The Morgan fingerprint density at radius 2 is 1.89 bits per heavy atom. The van der Waals surface area contributed by atoms with E-state index in [2.05, 4.69) is 29.9 Å². The number of hydrogen-bond donors (Lipinski definition) is 2. The maximum atomic E-state index is 12.5. The Bertz CT molecular complexity index is 1200. The van der Waals surface area contributed by atoms with Crippen molar-refractivity contribution in [1.82, 2.24) is 19.9 Å². The van der Waals surface area contributed by atoms with Gasteiger partial charge in [0, 0.05) is 34.6 Å². The summed E-state index contributed by atoms with van der Waals surface area (Å²) in [6.45, 7) is 0. The molecule has 0 aliphatic heterocycles. The third-order valence-corrected chi connectivity index (χ3v) is 7.02. The van der Waals surface area contributed by atoms with Gasteiger partial charge < -0.3 is 9.88 Å². The zero-order valence-electron chi connectivity index (χ0n) is 18.8. The van der Waals surface area contributed by atoms with Gasteiger partial charge in [0.1, 0.15) is 5.82 Å². The molecule has 1 aromatic carbocycles. The number of pyridine rings is 1. The first-order valence-electron chi connectivity index (χ1n) is 11.6. The lowest BCUT2D eigenvalue weighted by Crippen LogP contribution is -2.40. The van der Waals surface area contributed by atoms with Crippen LogP contribution < -0.4 is 10.6 Å². The fourth-order valence-electron chi connectivity index (χ4n) is 4.88. The standard InChI is InChI=1S/C24H25ClF3N5O2/c25-16-2-7-20-14(9-16)1-8-22(31-20)32-23(34)30-17-3-5-18(6-4-17)33-12-21(29-13-33)15-10-19(11-15)35-24(26,27)28/h1-2,7-9,12-13,15,17-19H,3-6,10-11H2,(H2,30,31,32,34). The van der Waals surface area contributed by atoms with Crippen LogP contribution in [0, 0.1) is 0 Å². The van der Waals surface area contributed by atoms with E-state index in [1.807, 2.05) is 24.4 Å². The van der Waals surface area contributed by atoms with Gasteiger partial charge in [0.15, 0.2) is 0 Å². The van der Waals surface area contributed by atoms with Crippen LogP contribution in [-0.2, 0) is 4.74 Å². The first-order valence-corrected chi connectivity index (χ1v) is 12.0. The second-order valence-electron chi connectivity index (χ2n) is 9.24. The van der Waals surface area contributed by atoms with Crippen molar-refractivity contribution < 1.29 is 22.7 Å². The lowest BCUT2D eigenvalue weighted by atomic mass is 9.80. The molecule has 35 heavy (non-hydrogen) atoms. The summed E-state index contributed by atoms with van der Waals surface area (Å²) in [4.78, 5) is 21.3. The number of imidazole rings is 1. The molecule has 2 heterocycles. The lowest BCUT2D eigenvalue weighted by Gasteiger charge is -2.34. The molecule has 2 aliphatic rings. The van der Waals surface area contributed by atoms with Gasteiger partial charge in [0.2, 0.25) is 0 Å². The molecule has 3 aromatic rings. The number of rotatable bonds is 5. The van der Waals surface area contributed by atoms with E-state index in [1.54, 1.807) is 18.5 Å². The van der Waals surface area contributed by atoms with Crippen molar-refractivity contribution in [3.63, 3.8) is 0 Å². The number of halogens is 4. The average molecular weight is 508 g/mol. The van der Waals surface area contributed by atoms with Crippen LogP contribution in [0.5, 0.6) is 0 Å². The highest BCUT2D eigenvalue weighted by atomic mass is 35.5. The fourth-order valence-corrected chi connectivity index (χ4v) is 5.06. The number of benzene rings is 1. The molecule has 5 rings (SSSR count). The molecule has 2 saturated carbocycles. The number of aromatic nitrogens is 3. The molecule has 2 aromatic heterocycles. The molecule has 0 spiro atoms. The summed E-state index contributed by atoms with van der Waals surface area (Å²) in [6, 6.07) is 9.01. The third kappa shape index (κ3) is 5.87. The monoisotopic (exact) mass is 507 g/mol. The maximum Gasteiger partial charge on any atom is 0.522 e. The lowest BCUT2D eigenvalue weighted by molar-refractivity contribution is -0.351. The van der Waals surface area contributed by atoms with Crippen molar-refractivity contribution in [2.45, 2.75) is 69.0 Å². The SMILES string of the molecule is O=C(Nc1ccc2cc(Cl)ccc2n1)NC1CCC(n2cnc(C3CC(OC(F)(F)F)C3)c2)CC1. The summed E-state index contributed by atoms with van der Waals surface area (Å²) in [7, 11) is 0. The van der Waals surface area contributed by atoms with Crippen molar-refractivity contribution in [1.29, 1.82) is 0 Å². The number of carbonyl (C=O) groups is 1. The zero-order chi connectivity index (χ0) is 24.6. The molecule has 2 aliphatic carbocycles. The third-order valence-electron chi connectivity index (χ3n) is 6.78. The molecule has 2 fully saturated rings. The molecule has 0 bridgehead atoms. The Labute approximate surface area is 205 Å². The molecule has 0 radical (unpaired) electrons. The molecule has 7 nitrogen and oxygen atoms in total. The summed E-state index contributed by atoms with van der Waals surface area (Å²) < 4.78 is 43.1. The van der Waals surface area contributed by atoms with E-state index in [-0.39, 0.29) is 24.0 Å². The van der Waals surface area contributed by atoms with Crippen molar-refractivity contribution in [3.05, 3.63) is 53.6 Å². The molecule has 0 saturated heterocycles. The summed E-state index contributed by atoms with van der Waals surface area (Å²) >= 11 is 6.00. The Morgan fingerprint density at radius 1 is 1.11 bits per heavy atom. The minimum Gasteiger partial charge on any atom is -0.335 e. The number of carbonyl (C=O) groups excluding carboxylic acids is 1. The van der Waals surface area contributed by atoms with Gasteiger partial charge in [0.25, 0.3) is 0 Å². The molecule has 0 unspecified atom stereocenters. The van der Waals surface area contributed by atoms with Gasteiger partial charge in [-0.25, -0.2) is 14.8 Å². The second kappa shape index (κ2) is 9.66. The van der Waals surface area contributed by atoms with Crippen LogP contribution in [-0.4, -0.2) is 39.1 Å². The minimum atomic E-state index is -4.58. The first-order chi connectivity index (χ1) is 16.7. The molecule has 186 valence electrons. The van der Waals surface area contributed by atoms with Gasteiger partial charge in [-0.3, -0.25) is 10.1 Å². The topological polar surface area (TPSA) is 81.1 Å². The highest BCUT2D eigenvalue weighted by Crippen LogP contribution is 2.41. The number of anilines is 1. The summed E-state index contributed by atoms with van der Waals surface area (Å²) in [5, 5.41) is 7.35. The molecule has 2 amide bonds. The van der Waals surface area contributed by atoms with Crippen LogP contribution in [0.2, 0.25) is 5.02 Å². The zero-order valence-corrected chi connectivity index (χ0v) is 19.5. The second-order valence-corrected chi connectivity index (χ2v) is 9.67. The van der Waals surface area contributed by atoms with Crippen LogP contribution in [0.25, 0.3) is 10.9 Å². The summed E-state index contributed by atoms with van der Waals surface area (Å²) in [6.07, 6.45) is 2.40. The number of alkyl halides is 3. The van der Waals surface area contributed by atoms with Gasteiger partial charge in [-0.05, 0) is 68.9 Å². The van der Waals surface area contributed by atoms with Gasteiger partial charge in [-0.2, -0.15) is 0 Å². The Balaban J connectivity index is 1.08. The van der Waals surface area contributed by atoms with E-state index >= 15 is 0 Å². The van der Waals surface area contributed by atoms with E-state index in [4.69, 9.17) is 11.6 Å². The number of nitrogens with zero attached hydrogens (tertiary/aromatic N) is 3. The van der Waals surface area contributed by atoms with Crippen LogP contribution in [0.15, 0.2) is 42.9 Å². The van der Waals surface area contributed by atoms with Crippen molar-refractivity contribution in [3.8, 4) is 0 Å². The quantitative estimate of drug-likeness (QED) is 0.432. The largest absolute Gasteiger partial charge is 0.522 e. The smallest absolute Gasteiger partial charge is 0.335 e. The van der Waals surface area contributed by atoms with Gasteiger partial charge >= 0.3 is 12.4 Å². The van der Waals surface area contributed by atoms with Crippen molar-refractivity contribution >= 4 is 34.4 Å². The summed E-state index contributed by atoms with van der Waals surface area (Å²) in [5.74, 6) is 0.474. The molecular formula is C24H25ClF3N5O2. The first kappa shape index (κ1) is 23.9. The van der Waals surface area contributed by atoms with Gasteiger partial charge in [-0.1, -0.05) is 11.6 Å². The van der Waals surface area contributed by atoms with Crippen molar-refractivity contribution in [2.75, 3.05) is 5.32 Å².